The number of hydrogen-bond acceptors (Lipinski definition) is 5. The summed E-state index contributed by atoms with van der Waals surface area (Å²) < 4.78 is 0. The van der Waals surface area contributed by atoms with Crippen LogP contribution in [0.5, 0.6) is 0 Å². The predicted molar refractivity (Wildman–Crippen MR) is 57.3 cm³/mol. The molecule has 0 atom stereocenters. The summed E-state index contributed by atoms with van der Waals surface area (Å²) in [6.07, 6.45) is 3.04. The highest BCUT2D eigenvalue weighted by Crippen LogP contribution is 2.31. The van der Waals surface area contributed by atoms with Crippen LogP contribution in [0.2, 0.25) is 0 Å². The van der Waals surface area contributed by atoms with Gasteiger partial charge in [-0.25, -0.2) is 4.98 Å². The molecule has 0 aliphatic heterocycles. The minimum Gasteiger partial charge on any atom is -0.480 e. The quantitative estimate of drug-likeness (QED) is 0.629. The Morgan fingerprint density at radius 3 is 2.94 bits per heavy atom. The fourth-order valence-corrected chi connectivity index (χ4v) is 1.54. The molecule has 2 rings (SSSR count). The number of nitrogens with one attached hydrogen (secondary N) is 1. The van der Waals surface area contributed by atoms with Crippen LogP contribution in [0.4, 0.5) is 11.5 Å². The van der Waals surface area contributed by atoms with Crippen molar-refractivity contribution in [3.05, 3.63) is 16.7 Å². The van der Waals surface area contributed by atoms with Crippen molar-refractivity contribution in [2.24, 2.45) is 0 Å². The van der Waals surface area contributed by atoms with Crippen molar-refractivity contribution in [1.82, 2.24) is 9.97 Å². The topological polar surface area (TPSA) is 112 Å². The van der Waals surface area contributed by atoms with E-state index in [9.17, 15) is 9.59 Å². The van der Waals surface area contributed by atoms with E-state index in [0.717, 1.165) is 12.8 Å². The maximum Gasteiger partial charge on any atom is 0.323 e. The first-order valence-corrected chi connectivity index (χ1v) is 4.91. The molecule has 0 saturated heterocycles. The number of carbonyl (C=O) groups is 1. The van der Waals surface area contributed by atoms with Gasteiger partial charge in [0, 0.05) is 6.04 Å². The number of H-pyrrole nitrogens is 1. The highest BCUT2D eigenvalue weighted by molar-refractivity contribution is 5.76. The van der Waals surface area contributed by atoms with Gasteiger partial charge >= 0.3 is 5.97 Å². The van der Waals surface area contributed by atoms with Gasteiger partial charge in [0.05, 0.1) is 6.33 Å². The zero-order chi connectivity index (χ0) is 11.7. The van der Waals surface area contributed by atoms with Crippen molar-refractivity contribution in [3.8, 4) is 0 Å². The first kappa shape index (κ1) is 10.5. The molecule has 1 fully saturated rings. The van der Waals surface area contributed by atoms with Crippen LogP contribution in [0.3, 0.4) is 0 Å². The van der Waals surface area contributed by atoms with Crippen molar-refractivity contribution < 1.29 is 9.90 Å². The van der Waals surface area contributed by atoms with E-state index in [2.05, 4.69) is 9.97 Å². The lowest BCUT2D eigenvalue weighted by Gasteiger charge is -2.21. The van der Waals surface area contributed by atoms with Gasteiger partial charge in [-0.3, -0.25) is 9.59 Å². The average Bonchev–Trinajstić information content (AvgIpc) is 3.02. The lowest BCUT2D eigenvalue weighted by molar-refractivity contribution is -0.135. The Hall–Kier alpha value is -2.05. The Morgan fingerprint density at radius 1 is 1.69 bits per heavy atom. The molecular weight excluding hydrogens is 212 g/mol. The number of nitrogens with two attached hydrogens (primary N) is 1. The zero-order valence-corrected chi connectivity index (χ0v) is 8.51. The van der Waals surface area contributed by atoms with Gasteiger partial charge in [0.1, 0.15) is 12.2 Å². The first-order chi connectivity index (χ1) is 7.59. The number of anilines is 2. The standard InChI is InChI=1S/C9H12N4O3/c10-7-8(11-4-12-9(7)16)13(3-6(14)15)5-1-2-5/h4-5H,1-3,10H2,(H,14,15)(H,11,12,16). The Morgan fingerprint density at radius 2 is 2.38 bits per heavy atom. The first-order valence-electron chi connectivity index (χ1n) is 4.91. The van der Waals surface area contributed by atoms with Gasteiger partial charge in [-0.05, 0) is 12.8 Å². The van der Waals surface area contributed by atoms with Gasteiger partial charge in [-0.15, -0.1) is 0 Å². The number of nitrogen functional groups attached to an aromatic ring is 1. The number of hydrogen-bond donors (Lipinski definition) is 3. The monoisotopic (exact) mass is 224 g/mol. The highest BCUT2D eigenvalue weighted by atomic mass is 16.4. The number of nitrogens with zero attached hydrogens (tertiary/aromatic N) is 2. The maximum absolute atomic E-state index is 11.3. The van der Waals surface area contributed by atoms with Crippen molar-refractivity contribution >= 4 is 17.5 Å². The minimum absolute atomic E-state index is 0.0318. The normalized spacial score (nSPS) is 14.8. The third-order valence-electron chi connectivity index (χ3n) is 2.43. The molecule has 1 heterocycles. The maximum atomic E-state index is 11.3. The lowest BCUT2D eigenvalue weighted by Crippen LogP contribution is -2.34. The summed E-state index contributed by atoms with van der Waals surface area (Å²) in [5.41, 5.74) is 5.11. The molecule has 1 aliphatic rings. The third-order valence-corrected chi connectivity index (χ3v) is 2.43. The molecule has 0 amide bonds. The molecule has 0 aromatic carbocycles. The number of aromatic nitrogens is 2. The smallest absolute Gasteiger partial charge is 0.323 e. The molecule has 1 aromatic rings. The second-order valence-electron chi connectivity index (χ2n) is 3.72. The van der Waals surface area contributed by atoms with E-state index >= 15 is 0 Å². The third kappa shape index (κ3) is 1.97. The zero-order valence-electron chi connectivity index (χ0n) is 8.51. The fraction of sp³-hybridized carbons (Fsp3) is 0.444. The molecule has 0 radical (unpaired) electrons. The van der Waals surface area contributed by atoms with Gasteiger partial charge in [0.2, 0.25) is 0 Å². The van der Waals surface area contributed by atoms with E-state index in [1.165, 1.54) is 6.33 Å². The number of aromatic amines is 1. The summed E-state index contributed by atoms with van der Waals surface area (Å²) >= 11 is 0. The molecule has 1 aromatic heterocycles. The van der Waals surface area contributed by atoms with Crippen molar-refractivity contribution in [3.63, 3.8) is 0 Å². The second kappa shape index (κ2) is 3.84. The summed E-state index contributed by atoms with van der Waals surface area (Å²) in [7, 11) is 0. The molecule has 0 unspecified atom stereocenters. The van der Waals surface area contributed by atoms with Crippen LogP contribution in [-0.2, 0) is 4.79 Å². The van der Waals surface area contributed by atoms with Crippen LogP contribution in [0, 0.1) is 0 Å². The molecule has 0 spiro atoms. The van der Waals surface area contributed by atoms with Crippen LogP contribution in [0.15, 0.2) is 11.1 Å². The SMILES string of the molecule is Nc1c(N(CC(=O)O)C2CC2)nc[nH]c1=O. The summed E-state index contributed by atoms with van der Waals surface area (Å²) in [6.45, 7) is -0.189. The average molecular weight is 224 g/mol. The van der Waals surface area contributed by atoms with Crippen LogP contribution >= 0.6 is 0 Å². The summed E-state index contributed by atoms with van der Waals surface area (Å²) in [6, 6.07) is 0.132. The van der Waals surface area contributed by atoms with Crippen LogP contribution in [0.25, 0.3) is 0 Å². The number of aliphatic carboxylic acids is 1. The lowest BCUT2D eigenvalue weighted by atomic mass is 10.4. The molecule has 7 heteroatoms. The molecule has 4 N–H and O–H groups in total. The molecule has 86 valence electrons. The van der Waals surface area contributed by atoms with Gasteiger partial charge in [-0.1, -0.05) is 0 Å². The van der Waals surface area contributed by atoms with E-state index < -0.39 is 11.5 Å². The Balaban J connectivity index is 2.34. The van der Waals surface area contributed by atoms with E-state index in [1.54, 1.807) is 4.90 Å². The summed E-state index contributed by atoms with van der Waals surface area (Å²) in [4.78, 5) is 29.8. The largest absolute Gasteiger partial charge is 0.480 e. The van der Waals surface area contributed by atoms with Crippen molar-refractivity contribution in [2.75, 3.05) is 17.2 Å². The van der Waals surface area contributed by atoms with E-state index in [0.29, 0.717) is 0 Å². The molecule has 7 nitrogen and oxygen atoms in total. The molecule has 1 aliphatic carbocycles. The van der Waals surface area contributed by atoms with Gasteiger partial charge in [-0.2, -0.15) is 0 Å². The molecule has 0 bridgehead atoms. The predicted octanol–water partition coefficient (Wildman–Crippen LogP) is -0.595. The number of carboxylic acid groups (broad SMARTS) is 1. The Kier molecular flexibility index (Phi) is 2.51. The molecule has 1 saturated carbocycles. The van der Waals surface area contributed by atoms with Crippen LogP contribution in [0.1, 0.15) is 12.8 Å². The molecule has 16 heavy (non-hydrogen) atoms. The number of rotatable bonds is 4. The Bertz CT molecular complexity index is 466. The summed E-state index contributed by atoms with van der Waals surface area (Å²) in [5, 5.41) is 8.79. The fourth-order valence-electron chi connectivity index (χ4n) is 1.54. The minimum atomic E-state index is -0.964. The van der Waals surface area contributed by atoms with E-state index in [1.807, 2.05) is 0 Å². The van der Waals surface area contributed by atoms with Crippen LogP contribution in [-0.4, -0.2) is 33.6 Å². The summed E-state index contributed by atoms with van der Waals surface area (Å²) in [5.74, 6) is -0.706. The van der Waals surface area contributed by atoms with E-state index in [-0.39, 0.29) is 24.1 Å². The van der Waals surface area contributed by atoms with Gasteiger partial charge in [0.25, 0.3) is 5.56 Å². The van der Waals surface area contributed by atoms with Gasteiger partial charge in [0.15, 0.2) is 5.82 Å². The van der Waals surface area contributed by atoms with E-state index in [4.69, 9.17) is 10.8 Å². The Labute approximate surface area is 90.9 Å². The highest BCUT2D eigenvalue weighted by Gasteiger charge is 2.32. The van der Waals surface area contributed by atoms with Crippen LogP contribution < -0.4 is 16.2 Å². The van der Waals surface area contributed by atoms with Crippen molar-refractivity contribution in [1.29, 1.82) is 0 Å². The molecular formula is C9H12N4O3. The number of carboxylic acids is 1. The van der Waals surface area contributed by atoms with Gasteiger partial charge < -0.3 is 20.7 Å². The second-order valence-corrected chi connectivity index (χ2v) is 3.72. The van der Waals surface area contributed by atoms with Crippen molar-refractivity contribution in [2.45, 2.75) is 18.9 Å².